The molecule has 2 aromatic carbocycles. The molecule has 1 N–H and O–H groups in total. The first kappa shape index (κ1) is 29.5. The molecule has 1 atom stereocenters. The Morgan fingerprint density at radius 3 is 2.29 bits per heavy atom. The third-order valence-electron chi connectivity index (χ3n) is 6.88. The highest BCUT2D eigenvalue weighted by molar-refractivity contribution is 7.92. The first-order valence-corrected chi connectivity index (χ1v) is 15.0. The molecule has 0 heterocycles. The minimum Gasteiger partial charge on any atom is -0.352 e. The van der Waals surface area contributed by atoms with Crippen molar-refractivity contribution in [3.8, 4) is 0 Å². The summed E-state index contributed by atoms with van der Waals surface area (Å²) >= 11 is 0. The number of nitrogens with zero attached hydrogens (tertiary/aromatic N) is 2. The molecule has 7 nitrogen and oxygen atoms in total. The van der Waals surface area contributed by atoms with Crippen LogP contribution >= 0.6 is 0 Å². The van der Waals surface area contributed by atoms with Crippen molar-refractivity contribution in [3.05, 3.63) is 65.7 Å². The monoisotopic (exact) mass is 549 g/mol. The molecule has 0 aliphatic heterocycles. The average Bonchev–Trinajstić information content (AvgIpc) is 2.88. The van der Waals surface area contributed by atoms with Crippen molar-refractivity contribution < 1.29 is 26.8 Å². The van der Waals surface area contributed by atoms with E-state index in [4.69, 9.17) is 0 Å². The van der Waals surface area contributed by atoms with Gasteiger partial charge in [-0.3, -0.25) is 13.9 Å². The Bertz CT molecular complexity index is 1180. The summed E-state index contributed by atoms with van der Waals surface area (Å²) in [7, 11) is -3.79. The Balaban J connectivity index is 1.76. The van der Waals surface area contributed by atoms with E-state index in [-0.39, 0.29) is 49.5 Å². The molecule has 0 aromatic heterocycles. The number of rotatable bonds is 12. The topological polar surface area (TPSA) is 86.8 Å². The number of anilines is 1. The van der Waals surface area contributed by atoms with Crippen LogP contribution in [0.3, 0.4) is 0 Å². The lowest BCUT2D eigenvalue weighted by atomic mass is 9.95. The summed E-state index contributed by atoms with van der Waals surface area (Å²) in [5.74, 6) is -1.63. The van der Waals surface area contributed by atoms with E-state index < -0.39 is 27.7 Å². The van der Waals surface area contributed by atoms with Crippen LogP contribution in [0.2, 0.25) is 0 Å². The van der Waals surface area contributed by atoms with Crippen molar-refractivity contribution in [3.63, 3.8) is 0 Å². The van der Waals surface area contributed by atoms with Gasteiger partial charge in [-0.2, -0.15) is 0 Å². The van der Waals surface area contributed by atoms with Gasteiger partial charge in [0, 0.05) is 25.6 Å². The van der Waals surface area contributed by atoms with E-state index >= 15 is 0 Å². The van der Waals surface area contributed by atoms with Gasteiger partial charge in [0.15, 0.2) is 0 Å². The molecular formula is C28H37F2N3O4S. The fraction of sp³-hybridized carbons (Fsp3) is 0.500. The molecule has 0 spiro atoms. The summed E-state index contributed by atoms with van der Waals surface area (Å²) in [4.78, 5) is 28.2. The number of carbonyl (C=O) groups excluding carboxylic acids is 2. The SMILES string of the molecule is CC[C@@H](C(=O)NC1CCCCC1)N(Cc1ccc(F)cc1)C(=O)CCCN(c1ccccc1F)S(C)(=O)=O. The summed E-state index contributed by atoms with van der Waals surface area (Å²) in [5, 5.41) is 3.10. The van der Waals surface area contributed by atoms with E-state index in [1.807, 2.05) is 6.92 Å². The normalized spacial score (nSPS) is 15.1. The van der Waals surface area contributed by atoms with Crippen LogP contribution in [0.25, 0.3) is 0 Å². The standard InChI is InChI=1S/C28H37F2N3O4S/c1-3-25(28(35)31-23-10-5-4-6-11-23)32(20-21-15-17-22(29)18-16-21)27(34)14-9-19-33(38(2,36)37)26-13-8-7-12-24(26)30/h7-8,12-13,15-18,23,25H,3-6,9-11,14,19-20H2,1-2H3,(H,31,35)/t25-/m0/s1. The number of nitrogens with one attached hydrogen (secondary N) is 1. The summed E-state index contributed by atoms with van der Waals surface area (Å²) in [6.07, 6.45) is 6.53. The second kappa shape index (κ2) is 13.7. The number of halogens is 2. The Morgan fingerprint density at radius 2 is 1.68 bits per heavy atom. The highest BCUT2D eigenvalue weighted by atomic mass is 32.2. The molecule has 1 aliphatic carbocycles. The third-order valence-corrected chi connectivity index (χ3v) is 8.06. The average molecular weight is 550 g/mol. The third kappa shape index (κ3) is 8.24. The first-order valence-electron chi connectivity index (χ1n) is 13.2. The van der Waals surface area contributed by atoms with Gasteiger partial charge in [-0.15, -0.1) is 0 Å². The van der Waals surface area contributed by atoms with Gasteiger partial charge in [0.25, 0.3) is 0 Å². The lowest BCUT2D eigenvalue weighted by Gasteiger charge is -2.33. The fourth-order valence-corrected chi connectivity index (χ4v) is 5.85. The lowest BCUT2D eigenvalue weighted by molar-refractivity contribution is -0.141. The van der Waals surface area contributed by atoms with Crippen LogP contribution < -0.4 is 9.62 Å². The number of sulfonamides is 1. The minimum atomic E-state index is -3.79. The molecule has 0 bridgehead atoms. The van der Waals surface area contributed by atoms with E-state index in [2.05, 4.69) is 5.32 Å². The van der Waals surface area contributed by atoms with E-state index in [1.165, 1.54) is 35.2 Å². The van der Waals surface area contributed by atoms with Gasteiger partial charge in [0.2, 0.25) is 21.8 Å². The Kier molecular flexibility index (Phi) is 10.6. The summed E-state index contributed by atoms with van der Waals surface area (Å²) < 4.78 is 53.5. The zero-order chi connectivity index (χ0) is 27.7. The van der Waals surface area contributed by atoms with Crippen molar-refractivity contribution >= 4 is 27.5 Å². The molecule has 3 rings (SSSR count). The van der Waals surface area contributed by atoms with Crippen LogP contribution in [0, 0.1) is 11.6 Å². The lowest BCUT2D eigenvalue weighted by Crippen LogP contribution is -2.51. The van der Waals surface area contributed by atoms with Crippen molar-refractivity contribution in [2.75, 3.05) is 17.1 Å². The molecule has 208 valence electrons. The van der Waals surface area contributed by atoms with E-state index in [0.717, 1.165) is 42.7 Å². The number of amides is 2. The number of hydrogen-bond donors (Lipinski definition) is 1. The van der Waals surface area contributed by atoms with Crippen LogP contribution in [-0.4, -0.2) is 50.0 Å². The van der Waals surface area contributed by atoms with Gasteiger partial charge in [-0.25, -0.2) is 17.2 Å². The van der Waals surface area contributed by atoms with Gasteiger partial charge in [-0.1, -0.05) is 50.5 Å². The molecule has 1 fully saturated rings. The van der Waals surface area contributed by atoms with Crippen molar-refractivity contribution in [2.45, 2.75) is 76.9 Å². The number of hydrogen-bond acceptors (Lipinski definition) is 4. The number of para-hydroxylation sites is 1. The highest BCUT2D eigenvalue weighted by Gasteiger charge is 2.30. The maximum absolute atomic E-state index is 14.3. The van der Waals surface area contributed by atoms with E-state index in [1.54, 1.807) is 18.2 Å². The zero-order valence-electron chi connectivity index (χ0n) is 22.0. The van der Waals surface area contributed by atoms with Crippen molar-refractivity contribution in [2.24, 2.45) is 0 Å². The molecule has 1 aliphatic rings. The quantitative estimate of drug-likeness (QED) is 0.413. The molecule has 0 unspecified atom stereocenters. The Morgan fingerprint density at radius 1 is 1.03 bits per heavy atom. The molecule has 0 saturated heterocycles. The summed E-state index contributed by atoms with van der Waals surface area (Å²) in [6, 6.07) is 10.7. The van der Waals surface area contributed by atoms with Gasteiger partial charge in [0.1, 0.15) is 17.7 Å². The summed E-state index contributed by atoms with van der Waals surface area (Å²) in [5.41, 5.74) is 0.594. The molecule has 2 aromatic rings. The Labute approximate surface area is 224 Å². The van der Waals surface area contributed by atoms with Crippen LogP contribution in [0.4, 0.5) is 14.5 Å². The maximum atomic E-state index is 14.3. The van der Waals surface area contributed by atoms with Crippen LogP contribution in [0.5, 0.6) is 0 Å². The number of carbonyl (C=O) groups is 2. The van der Waals surface area contributed by atoms with Crippen LogP contribution in [0.1, 0.15) is 63.9 Å². The van der Waals surface area contributed by atoms with E-state index in [0.29, 0.717) is 12.0 Å². The Hall–Kier alpha value is -3.01. The van der Waals surface area contributed by atoms with Gasteiger partial charge < -0.3 is 10.2 Å². The summed E-state index contributed by atoms with van der Waals surface area (Å²) in [6.45, 7) is 1.85. The molecule has 0 radical (unpaired) electrons. The molecule has 10 heteroatoms. The number of benzene rings is 2. The van der Waals surface area contributed by atoms with Crippen LogP contribution in [0.15, 0.2) is 48.5 Å². The minimum absolute atomic E-state index is 0.0468. The van der Waals surface area contributed by atoms with Crippen molar-refractivity contribution in [1.29, 1.82) is 0 Å². The fourth-order valence-electron chi connectivity index (χ4n) is 4.89. The van der Waals surface area contributed by atoms with E-state index in [9.17, 15) is 26.8 Å². The van der Waals surface area contributed by atoms with Crippen LogP contribution in [-0.2, 0) is 26.2 Å². The second-order valence-corrected chi connectivity index (χ2v) is 11.7. The largest absolute Gasteiger partial charge is 0.352 e. The van der Waals surface area contributed by atoms with Crippen molar-refractivity contribution in [1.82, 2.24) is 10.2 Å². The maximum Gasteiger partial charge on any atom is 0.243 e. The molecule has 1 saturated carbocycles. The second-order valence-electron chi connectivity index (χ2n) is 9.81. The van der Waals surface area contributed by atoms with Gasteiger partial charge in [-0.05, 0) is 55.5 Å². The highest BCUT2D eigenvalue weighted by Crippen LogP contribution is 2.23. The molecular weight excluding hydrogens is 512 g/mol. The van der Waals surface area contributed by atoms with Gasteiger partial charge in [0.05, 0.1) is 11.9 Å². The predicted molar refractivity (Wildman–Crippen MR) is 144 cm³/mol. The first-order chi connectivity index (χ1) is 18.1. The smallest absolute Gasteiger partial charge is 0.243 e. The van der Waals surface area contributed by atoms with Gasteiger partial charge >= 0.3 is 0 Å². The zero-order valence-corrected chi connectivity index (χ0v) is 22.9. The molecule has 2 amide bonds. The predicted octanol–water partition coefficient (Wildman–Crippen LogP) is 4.77. The molecule has 38 heavy (non-hydrogen) atoms.